The molecule has 0 saturated carbocycles. The number of aromatic nitrogens is 3. The van der Waals surface area contributed by atoms with Crippen LogP contribution in [0.5, 0.6) is 5.75 Å². The number of benzene rings is 7. The van der Waals surface area contributed by atoms with E-state index in [9.17, 15) is 5.11 Å². The summed E-state index contributed by atoms with van der Waals surface area (Å²) in [6.07, 6.45) is 0. The Morgan fingerprint density at radius 1 is 0.478 bits per heavy atom. The molecule has 2 aromatic heterocycles. The Kier molecular flexibility index (Phi) is 5.93. The lowest BCUT2D eigenvalue weighted by Crippen LogP contribution is -1.97. The fourth-order valence-electron chi connectivity index (χ4n) is 6.66. The van der Waals surface area contributed by atoms with Crippen LogP contribution in [-0.2, 0) is 0 Å². The molecule has 0 amide bonds. The van der Waals surface area contributed by atoms with E-state index in [4.69, 9.17) is 9.97 Å². The van der Waals surface area contributed by atoms with Gasteiger partial charge in [0.1, 0.15) is 17.1 Å². The lowest BCUT2D eigenvalue weighted by atomic mass is 9.91. The van der Waals surface area contributed by atoms with Crippen molar-refractivity contribution in [3.63, 3.8) is 0 Å². The number of rotatable bonds is 4. The third-order valence-corrected chi connectivity index (χ3v) is 8.87. The van der Waals surface area contributed by atoms with Crippen molar-refractivity contribution in [3.8, 4) is 45.2 Å². The summed E-state index contributed by atoms with van der Waals surface area (Å²) in [5, 5.41) is 16.1. The maximum atomic E-state index is 10.6. The first-order chi connectivity index (χ1) is 22.7. The number of pyridine rings is 1. The van der Waals surface area contributed by atoms with Crippen molar-refractivity contribution in [3.05, 3.63) is 158 Å². The molecule has 0 fully saturated rings. The molecule has 0 radical (unpaired) electrons. The number of hydrogen-bond donors (Lipinski definition) is 1. The first-order valence-electron chi connectivity index (χ1n) is 15.4. The molecule has 0 atom stereocenters. The molecule has 7 aromatic carbocycles. The number of hydrogen-bond acceptors (Lipinski definition) is 3. The minimum absolute atomic E-state index is 0.186. The molecule has 4 nitrogen and oxygen atoms in total. The molecule has 0 aliphatic carbocycles. The van der Waals surface area contributed by atoms with Crippen LogP contribution < -0.4 is 0 Å². The SMILES string of the molecule is Oc1cccc2ccc(-c3c4ccccc4cc4ccc(-c5ccc(-c6nc7ccccc7n6-c6ccccc6)cc5)cc34)nc12. The highest BCUT2D eigenvalue weighted by molar-refractivity contribution is 6.13. The van der Waals surface area contributed by atoms with Crippen molar-refractivity contribution in [2.24, 2.45) is 0 Å². The minimum Gasteiger partial charge on any atom is -0.506 e. The van der Waals surface area contributed by atoms with Crippen molar-refractivity contribution in [2.45, 2.75) is 0 Å². The highest BCUT2D eigenvalue weighted by atomic mass is 16.3. The zero-order chi connectivity index (χ0) is 30.6. The second-order valence-corrected chi connectivity index (χ2v) is 11.6. The van der Waals surface area contributed by atoms with Gasteiger partial charge in [-0.3, -0.25) is 4.57 Å². The van der Waals surface area contributed by atoms with E-state index >= 15 is 0 Å². The number of para-hydroxylation sites is 4. The number of fused-ring (bicyclic) bond motifs is 4. The van der Waals surface area contributed by atoms with E-state index in [0.29, 0.717) is 5.52 Å². The smallest absolute Gasteiger partial charge is 0.145 e. The molecule has 0 aliphatic rings. The monoisotopic (exact) mass is 589 g/mol. The fourth-order valence-corrected chi connectivity index (χ4v) is 6.66. The molecule has 216 valence electrons. The summed E-state index contributed by atoms with van der Waals surface area (Å²) in [4.78, 5) is 10.0. The average molecular weight is 590 g/mol. The van der Waals surface area contributed by atoms with Gasteiger partial charge in [0.15, 0.2) is 0 Å². The van der Waals surface area contributed by atoms with Crippen molar-refractivity contribution in [1.82, 2.24) is 14.5 Å². The molecule has 0 aliphatic heterocycles. The van der Waals surface area contributed by atoms with E-state index < -0.39 is 0 Å². The molecular formula is C42H27N3O. The summed E-state index contributed by atoms with van der Waals surface area (Å²) in [5.74, 6) is 1.10. The molecule has 0 bridgehead atoms. The zero-order valence-corrected chi connectivity index (χ0v) is 24.8. The van der Waals surface area contributed by atoms with Gasteiger partial charge in [0, 0.05) is 22.2 Å². The molecular weight excluding hydrogens is 562 g/mol. The first kappa shape index (κ1) is 26.2. The summed E-state index contributed by atoms with van der Waals surface area (Å²) < 4.78 is 2.23. The Morgan fingerprint density at radius 3 is 2.07 bits per heavy atom. The van der Waals surface area contributed by atoms with Gasteiger partial charge in [0.2, 0.25) is 0 Å². The van der Waals surface area contributed by atoms with Crippen LogP contribution in [0.4, 0.5) is 0 Å². The van der Waals surface area contributed by atoms with Crippen molar-refractivity contribution < 1.29 is 5.11 Å². The minimum atomic E-state index is 0.186. The van der Waals surface area contributed by atoms with E-state index in [1.165, 1.54) is 0 Å². The number of aromatic hydroxyl groups is 1. The van der Waals surface area contributed by atoms with Crippen LogP contribution in [0, 0.1) is 0 Å². The van der Waals surface area contributed by atoms with Gasteiger partial charge in [0.05, 0.1) is 16.7 Å². The Balaban J connectivity index is 1.19. The van der Waals surface area contributed by atoms with Gasteiger partial charge in [0.25, 0.3) is 0 Å². The van der Waals surface area contributed by atoms with Gasteiger partial charge >= 0.3 is 0 Å². The van der Waals surface area contributed by atoms with E-state index in [2.05, 4.69) is 126 Å². The van der Waals surface area contributed by atoms with E-state index in [1.807, 2.05) is 30.3 Å². The second kappa shape index (κ2) is 10.4. The van der Waals surface area contributed by atoms with E-state index in [1.54, 1.807) is 6.07 Å². The predicted octanol–water partition coefficient (Wildman–Crippen LogP) is 10.6. The van der Waals surface area contributed by atoms with Crippen LogP contribution in [0.25, 0.3) is 82.9 Å². The van der Waals surface area contributed by atoms with Gasteiger partial charge in [-0.2, -0.15) is 0 Å². The topological polar surface area (TPSA) is 50.9 Å². The van der Waals surface area contributed by atoms with Crippen LogP contribution >= 0.6 is 0 Å². The number of phenolic OH excluding ortho intramolecular Hbond substituents is 1. The highest BCUT2D eigenvalue weighted by Crippen LogP contribution is 2.39. The molecule has 0 spiro atoms. The average Bonchev–Trinajstić information content (AvgIpc) is 3.51. The summed E-state index contributed by atoms with van der Waals surface area (Å²) >= 11 is 0. The Hall–Kier alpha value is -6.26. The van der Waals surface area contributed by atoms with Crippen LogP contribution in [0.15, 0.2) is 158 Å². The summed E-state index contributed by atoms with van der Waals surface area (Å²) in [5.41, 5.74) is 8.93. The number of imidazole rings is 1. The Labute approximate surface area is 265 Å². The van der Waals surface area contributed by atoms with Crippen LogP contribution in [0.3, 0.4) is 0 Å². The van der Waals surface area contributed by atoms with Gasteiger partial charge in [-0.15, -0.1) is 0 Å². The molecule has 2 heterocycles. The van der Waals surface area contributed by atoms with Gasteiger partial charge < -0.3 is 5.11 Å². The van der Waals surface area contributed by atoms with Gasteiger partial charge in [-0.1, -0.05) is 109 Å². The molecule has 9 rings (SSSR count). The lowest BCUT2D eigenvalue weighted by molar-refractivity contribution is 0.480. The second-order valence-electron chi connectivity index (χ2n) is 11.6. The van der Waals surface area contributed by atoms with Crippen molar-refractivity contribution in [1.29, 1.82) is 0 Å². The number of phenols is 1. The maximum absolute atomic E-state index is 10.6. The van der Waals surface area contributed by atoms with Crippen LogP contribution in [0.2, 0.25) is 0 Å². The third-order valence-electron chi connectivity index (χ3n) is 8.87. The molecule has 0 saturated heterocycles. The van der Waals surface area contributed by atoms with Gasteiger partial charge in [-0.05, 0) is 81.2 Å². The standard InChI is InChI=1S/C42H27N3O/c46-39-16-8-10-28-23-24-37(43-41(28)39)40-34-13-5-4-9-31(34)25-32-22-21-30(26-35(32)40)27-17-19-29(20-18-27)42-44-36-14-6-7-15-38(36)45(42)33-11-2-1-3-12-33/h1-26,46H. The Bertz CT molecular complexity index is 2590. The quantitative estimate of drug-likeness (QED) is 0.208. The molecule has 46 heavy (non-hydrogen) atoms. The molecule has 0 unspecified atom stereocenters. The van der Waals surface area contributed by atoms with Crippen molar-refractivity contribution >= 4 is 43.5 Å². The highest BCUT2D eigenvalue weighted by Gasteiger charge is 2.16. The predicted molar refractivity (Wildman–Crippen MR) is 189 cm³/mol. The number of nitrogens with zero attached hydrogens (tertiary/aromatic N) is 3. The molecule has 9 aromatic rings. The maximum Gasteiger partial charge on any atom is 0.145 e. The van der Waals surface area contributed by atoms with Crippen molar-refractivity contribution in [2.75, 3.05) is 0 Å². The molecule has 4 heteroatoms. The molecule has 1 N–H and O–H groups in total. The summed E-state index contributed by atoms with van der Waals surface area (Å²) in [7, 11) is 0. The van der Waals surface area contributed by atoms with Crippen LogP contribution in [0.1, 0.15) is 0 Å². The van der Waals surface area contributed by atoms with E-state index in [0.717, 1.165) is 77.4 Å². The summed E-state index contributed by atoms with van der Waals surface area (Å²) in [6.45, 7) is 0. The fraction of sp³-hybridized carbons (Fsp3) is 0. The van der Waals surface area contributed by atoms with Crippen LogP contribution in [-0.4, -0.2) is 19.6 Å². The summed E-state index contributed by atoms with van der Waals surface area (Å²) in [6, 6.07) is 54.3. The Morgan fingerprint density at radius 2 is 1.17 bits per heavy atom. The third kappa shape index (κ3) is 4.23. The lowest BCUT2D eigenvalue weighted by Gasteiger charge is -2.14. The van der Waals surface area contributed by atoms with Gasteiger partial charge in [-0.25, -0.2) is 9.97 Å². The zero-order valence-electron chi connectivity index (χ0n) is 24.8. The largest absolute Gasteiger partial charge is 0.506 e. The van der Waals surface area contributed by atoms with E-state index in [-0.39, 0.29) is 5.75 Å². The first-order valence-corrected chi connectivity index (χ1v) is 15.4. The normalized spacial score (nSPS) is 11.6.